The molecule has 1 aliphatic rings. The van der Waals surface area contributed by atoms with E-state index in [0.29, 0.717) is 12.6 Å². The number of para-hydroxylation sites is 1. The summed E-state index contributed by atoms with van der Waals surface area (Å²) >= 11 is 2.00. The van der Waals surface area contributed by atoms with Crippen molar-refractivity contribution in [2.45, 2.75) is 32.7 Å². The fourth-order valence-corrected chi connectivity index (χ4v) is 5.66. The standard InChI is InChI=1S/C24H27NOS/c1-3-21-18(2)27-24-22(21)14-15-25(23(24)19-10-6-4-7-11-19)16-17-26-20-12-8-5-9-13-20/h4-13,23H,3,14-17H2,1-2H3. The van der Waals surface area contributed by atoms with Gasteiger partial charge in [0.2, 0.25) is 0 Å². The summed E-state index contributed by atoms with van der Waals surface area (Å²) in [6.07, 6.45) is 2.29. The lowest BCUT2D eigenvalue weighted by Gasteiger charge is -2.36. The van der Waals surface area contributed by atoms with Crippen LogP contribution in [-0.2, 0) is 12.8 Å². The molecule has 1 unspecified atom stereocenters. The van der Waals surface area contributed by atoms with Crippen LogP contribution in [0.1, 0.15) is 39.4 Å². The summed E-state index contributed by atoms with van der Waals surface area (Å²) < 4.78 is 5.99. The molecule has 27 heavy (non-hydrogen) atoms. The molecule has 3 heteroatoms. The van der Waals surface area contributed by atoms with Crippen molar-refractivity contribution in [3.8, 4) is 5.75 Å². The molecule has 0 saturated heterocycles. The van der Waals surface area contributed by atoms with Gasteiger partial charge < -0.3 is 4.74 Å². The number of nitrogens with zero attached hydrogens (tertiary/aromatic N) is 1. The van der Waals surface area contributed by atoms with Gasteiger partial charge in [0.05, 0.1) is 6.04 Å². The summed E-state index contributed by atoms with van der Waals surface area (Å²) in [5.41, 5.74) is 4.58. The van der Waals surface area contributed by atoms with Gasteiger partial charge >= 0.3 is 0 Å². The molecule has 0 saturated carbocycles. The highest BCUT2D eigenvalue weighted by molar-refractivity contribution is 7.12. The van der Waals surface area contributed by atoms with Crippen LogP contribution in [0.25, 0.3) is 0 Å². The van der Waals surface area contributed by atoms with E-state index in [0.717, 1.165) is 31.7 Å². The Bertz CT molecular complexity index is 872. The first kappa shape index (κ1) is 18.3. The quantitative estimate of drug-likeness (QED) is 0.551. The minimum absolute atomic E-state index is 0.346. The molecule has 2 aromatic carbocycles. The van der Waals surface area contributed by atoms with E-state index in [1.54, 1.807) is 16.0 Å². The van der Waals surface area contributed by atoms with Crippen LogP contribution in [0.4, 0.5) is 0 Å². The number of ether oxygens (including phenoxy) is 1. The van der Waals surface area contributed by atoms with E-state index in [1.165, 1.54) is 10.4 Å². The topological polar surface area (TPSA) is 12.5 Å². The first-order valence-corrected chi connectivity index (χ1v) is 10.7. The molecule has 4 rings (SSSR count). The van der Waals surface area contributed by atoms with E-state index < -0.39 is 0 Å². The van der Waals surface area contributed by atoms with Gasteiger partial charge in [-0.3, -0.25) is 4.90 Å². The number of fused-ring (bicyclic) bond motifs is 1. The molecule has 0 aliphatic carbocycles. The molecule has 0 spiro atoms. The summed E-state index contributed by atoms with van der Waals surface area (Å²) in [6.45, 7) is 7.31. The molecule has 1 atom stereocenters. The Kier molecular flexibility index (Phi) is 5.61. The molecular formula is C24H27NOS. The number of benzene rings is 2. The lowest BCUT2D eigenvalue weighted by molar-refractivity contribution is 0.172. The Hall–Kier alpha value is -2.10. The van der Waals surface area contributed by atoms with Crippen LogP contribution >= 0.6 is 11.3 Å². The third-order valence-electron chi connectivity index (χ3n) is 5.47. The molecule has 3 aromatic rings. The van der Waals surface area contributed by atoms with Crippen LogP contribution < -0.4 is 4.74 Å². The third kappa shape index (κ3) is 3.80. The van der Waals surface area contributed by atoms with Gasteiger partial charge in [-0.2, -0.15) is 0 Å². The lowest BCUT2D eigenvalue weighted by atomic mass is 9.92. The van der Waals surface area contributed by atoms with Crippen LogP contribution in [0, 0.1) is 6.92 Å². The summed E-state index contributed by atoms with van der Waals surface area (Å²) in [6, 6.07) is 21.4. The molecule has 140 valence electrons. The monoisotopic (exact) mass is 377 g/mol. The normalized spacial score (nSPS) is 16.9. The van der Waals surface area contributed by atoms with Crippen molar-refractivity contribution in [2.24, 2.45) is 0 Å². The Balaban J connectivity index is 1.59. The first-order chi connectivity index (χ1) is 13.3. The van der Waals surface area contributed by atoms with Gasteiger partial charge in [-0.1, -0.05) is 55.5 Å². The zero-order valence-corrected chi connectivity index (χ0v) is 17.0. The highest BCUT2D eigenvalue weighted by Gasteiger charge is 2.32. The molecular weight excluding hydrogens is 350 g/mol. The van der Waals surface area contributed by atoms with Gasteiger partial charge in [0.25, 0.3) is 0 Å². The fraction of sp³-hybridized carbons (Fsp3) is 0.333. The van der Waals surface area contributed by atoms with E-state index in [1.807, 2.05) is 41.7 Å². The summed E-state index contributed by atoms with van der Waals surface area (Å²) in [5, 5.41) is 0. The van der Waals surface area contributed by atoms with Gasteiger partial charge in [-0.25, -0.2) is 0 Å². The van der Waals surface area contributed by atoms with Crippen LogP contribution in [0.5, 0.6) is 5.75 Å². The highest BCUT2D eigenvalue weighted by atomic mass is 32.1. The maximum atomic E-state index is 5.99. The molecule has 0 fully saturated rings. The number of aryl methyl sites for hydroxylation is 1. The zero-order valence-electron chi connectivity index (χ0n) is 16.2. The van der Waals surface area contributed by atoms with Gasteiger partial charge in [-0.05, 0) is 48.6 Å². The predicted molar refractivity (Wildman–Crippen MR) is 114 cm³/mol. The Labute approximate surface area is 166 Å². The summed E-state index contributed by atoms with van der Waals surface area (Å²) in [7, 11) is 0. The average Bonchev–Trinajstić information content (AvgIpc) is 3.04. The van der Waals surface area contributed by atoms with Crippen LogP contribution in [0.15, 0.2) is 60.7 Å². The van der Waals surface area contributed by atoms with E-state index in [4.69, 9.17) is 4.74 Å². The molecule has 2 nitrogen and oxygen atoms in total. The zero-order chi connectivity index (χ0) is 18.6. The smallest absolute Gasteiger partial charge is 0.119 e. The molecule has 0 bridgehead atoms. The molecule has 1 aromatic heterocycles. The van der Waals surface area contributed by atoms with Crippen molar-refractivity contribution in [1.82, 2.24) is 4.90 Å². The fourth-order valence-electron chi connectivity index (χ4n) is 4.19. The van der Waals surface area contributed by atoms with Crippen LogP contribution in [-0.4, -0.2) is 24.6 Å². The average molecular weight is 378 g/mol. The van der Waals surface area contributed by atoms with Crippen molar-refractivity contribution < 1.29 is 4.74 Å². The second-order valence-electron chi connectivity index (χ2n) is 7.09. The van der Waals surface area contributed by atoms with Gasteiger partial charge in [-0.15, -0.1) is 11.3 Å². The number of thiophene rings is 1. The molecule has 2 heterocycles. The SMILES string of the molecule is CCc1c(C)sc2c1CCN(CCOc1ccccc1)C2c1ccccc1. The maximum absolute atomic E-state index is 5.99. The number of hydrogen-bond donors (Lipinski definition) is 0. The van der Waals surface area contributed by atoms with E-state index in [-0.39, 0.29) is 0 Å². The first-order valence-electron chi connectivity index (χ1n) is 9.85. The van der Waals surface area contributed by atoms with Gasteiger partial charge in [0.1, 0.15) is 12.4 Å². The van der Waals surface area contributed by atoms with E-state index in [2.05, 4.69) is 49.1 Å². The predicted octanol–water partition coefficient (Wildman–Crippen LogP) is 5.65. The van der Waals surface area contributed by atoms with Gasteiger partial charge in [0, 0.05) is 22.8 Å². The lowest BCUT2D eigenvalue weighted by Crippen LogP contribution is -2.38. The Morgan fingerprint density at radius 1 is 1.04 bits per heavy atom. The van der Waals surface area contributed by atoms with Gasteiger partial charge in [0.15, 0.2) is 0 Å². The number of rotatable bonds is 6. The minimum atomic E-state index is 0.346. The van der Waals surface area contributed by atoms with Crippen molar-refractivity contribution in [2.75, 3.05) is 19.7 Å². The Morgan fingerprint density at radius 3 is 2.44 bits per heavy atom. The van der Waals surface area contributed by atoms with Crippen LogP contribution in [0.3, 0.4) is 0 Å². The van der Waals surface area contributed by atoms with Crippen molar-refractivity contribution in [3.05, 3.63) is 87.1 Å². The molecule has 0 radical (unpaired) electrons. The molecule has 0 amide bonds. The third-order valence-corrected chi connectivity index (χ3v) is 6.71. The van der Waals surface area contributed by atoms with E-state index >= 15 is 0 Å². The second-order valence-corrected chi connectivity index (χ2v) is 8.35. The van der Waals surface area contributed by atoms with Crippen molar-refractivity contribution >= 4 is 11.3 Å². The molecule has 1 aliphatic heterocycles. The van der Waals surface area contributed by atoms with Crippen LogP contribution in [0.2, 0.25) is 0 Å². The Morgan fingerprint density at radius 2 is 1.74 bits per heavy atom. The highest BCUT2D eigenvalue weighted by Crippen LogP contribution is 2.42. The summed E-state index contributed by atoms with van der Waals surface area (Å²) in [4.78, 5) is 5.63. The largest absolute Gasteiger partial charge is 0.492 e. The second kappa shape index (κ2) is 8.28. The summed E-state index contributed by atoms with van der Waals surface area (Å²) in [5.74, 6) is 0.951. The van der Waals surface area contributed by atoms with Crippen molar-refractivity contribution in [3.63, 3.8) is 0 Å². The number of hydrogen-bond acceptors (Lipinski definition) is 3. The molecule has 0 N–H and O–H groups in total. The minimum Gasteiger partial charge on any atom is -0.492 e. The van der Waals surface area contributed by atoms with Crippen molar-refractivity contribution in [1.29, 1.82) is 0 Å². The van der Waals surface area contributed by atoms with E-state index in [9.17, 15) is 0 Å². The maximum Gasteiger partial charge on any atom is 0.119 e.